The van der Waals surface area contributed by atoms with Gasteiger partial charge in [0, 0.05) is 0 Å². The highest BCUT2D eigenvalue weighted by atomic mass is 32.2. The van der Waals surface area contributed by atoms with Crippen molar-refractivity contribution in [2.24, 2.45) is 0 Å². The van der Waals surface area contributed by atoms with E-state index in [1.54, 1.807) is 55.5 Å². The summed E-state index contributed by atoms with van der Waals surface area (Å²) in [5.74, 6) is 0. The number of nitrogens with one attached hydrogen (secondary N) is 1. The van der Waals surface area contributed by atoms with Crippen molar-refractivity contribution >= 4 is 22.0 Å². The second kappa shape index (κ2) is 10.4. The Kier molecular flexibility index (Phi) is 7.70. The third kappa shape index (κ3) is 6.30. The third-order valence-corrected chi connectivity index (χ3v) is 7.12. The Morgan fingerprint density at radius 1 is 0.886 bits per heavy atom. The van der Waals surface area contributed by atoms with Gasteiger partial charge in [0.1, 0.15) is 0 Å². The Hall–Kier alpha value is -3.59. The summed E-state index contributed by atoms with van der Waals surface area (Å²) in [7, 11) is -3.75. The summed E-state index contributed by atoms with van der Waals surface area (Å²) in [5, 5.41) is 2.40. The van der Waals surface area contributed by atoms with Crippen LogP contribution in [0, 0.1) is 0 Å². The molecule has 9 heteroatoms. The van der Waals surface area contributed by atoms with E-state index in [1.165, 1.54) is 36.4 Å². The predicted molar refractivity (Wildman–Crippen MR) is 126 cm³/mol. The number of alkyl carbamates (subject to hydrolysis) is 1. The van der Waals surface area contributed by atoms with Gasteiger partial charge < -0.3 is 10.1 Å². The summed E-state index contributed by atoms with van der Waals surface area (Å²) >= 11 is 0. The molecule has 1 N–H and O–H groups in total. The molecule has 3 aromatic rings. The molecular weight excluding hydrogens is 479 g/mol. The van der Waals surface area contributed by atoms with Crippen LogP contribution >= 0.6 is 0 Å². The molecule has 0 heterocycles. The van der Waals surface area contributed by atoms with Crippen molar-refractivity contribution in [3.8, 4) is 0 Å². The van der Waals surface area contributed by atoms with E-state index in [1.807, 2.05) is 0 Å². The van der Waals surface area contributed by atoms with Gasteiger partial charge in [0.05, 0.1) is 15.8 Å². The second-order valence-electron chi connectivity index (χ2n) is 7.99. The molecule has 0 fully saturated rings. The Bertz CT molecular complexity index is 1280. The number of rotatable bonds is 7. The van der Waals surface area contributed by atoms with Gasteiger partial charge in [0.25, 0.3) is 0 Å². The average molecular weight is 504 g/mol. The van der Waals surface area contributed by atoms with E-state index in [0.717, 1.165) is 19.1 Å². The molecule has 0 saturated heterocycles. The topological polar surface area (TPSA) is 72.5 Å². The van der Waals surface area contributed by atoms with Crippen molar-refractivity contribution in [1.82, 2.24) is 5.32 Å². The van der Waals surface area contributed by atoms with Crippen LogP contribution in [-0.4, -0.2) is 26.3 Å². The molecule has 1 unspecified atom stereocenters. The van der Waals surface area contributed by atoms with E-state index in [4.69, 9.17) is 4.74 Å². The Morgan fingerprint density at radius 3 is 1.94 bits per heavy atom. The van der Waals surface area contributed by atoms with E-state index in [0.29, 0.717) is 11.1 Å². The first kappa shape index (κ1) is 26.0. The summed E-state index contributed by atoms with van der Waals surface area (Å²) in [6.45, 7) is 2.37. The van der Waals surface area contributed by atoms with Crippen LogP contribution in [0.2, 0.25) is 0 Å². The van der Waals surface area contributed by atoms with Crippen LogP contribution in [0.1, 0.15) is 31.0 Å². The Labute approximate surface area is 202 Å². The maximum atomic E-state index is 13.8. The number of hydrogen-bond donors (Lipinski definition) is 1. The maximum absolute atomic E-state index is 13.8. The molecule has 5 nitrogen and oxygen atoms in total. The van der Waals surface area contributed by atoms with Gasteiger partial charge in [-0.25, -0.2) is 13.2 Å². The smallest absolute Gasteiger partial charge is 0.429 e. The summed E-state index contributed by atoms with van der Waals surface area (Å²) in [4.78, 5) is 12.4. The van der Waals surface area contributed by atoms with Crippen LogP contribution in [0.5, 0.6) is 0 Å². The lowest BCUT2D eigenvalue weighted by Gasteiger charge is -2.29. The summed E-state index contributed by atoms with van der Waals surface area (Å²) in [6, 6.07) is 21.3. The summed E-state index contributed by atoms with van der Waals surface area (Å²) < 4.78 is 71.5. The lowest BCUT2D eigenvalue weighted by Crippen LogP contribution is -2.47. The minimum absolute atomic E-state index is 0.00459. The molecule has 3 rings (SSSR count). The standard InChI is InChI=1S/C26H24F3NO4S/c1-19(21-9-5-3-6-10-21)30-24(31)34-25(2,26(27,28)29)18-17-20-13-15-23(16-14-20)35(32,33)22-11-7-4-8-12-22/h3-19H,1-2H3,(H,30,31)/t19?,25-/m0/s1. The highest BCUT2D eigenvalue weighted by Crippen LogP contribution is 2.35. The van der Waals surface area contributed by atoms with E-state index in [-0.39, 0.29) is 9.79 Å². The lowest BCUT2D eigenvalue weighted by atomic mass is 10.0. The van der Waals surface area contributed by atoms with Crippen LogP contribution in [-0.2, 0) is 14.6 Å². The fraction of sp³-hybridized carbons (Fsp3) is 0.192. The van der Waals surface area contributed by atoms with E-state index in [9.17, 15) is 26.4 Å². The van der Waals surface area contributed by atoms with Gasteiger partial charge in [-0.1, -0.05) is 66.7 Å². The van der Waals surface area contributed by atoms with Gasteiger partial charge in [-0.05, 0) is 55.3 Å². The molecule has 0 aliphatic carbocycles. The van der Waals surface area contributed by atoms with Crippen LogP contribution in [0.25, 0.3) is 6.08 Å². The number of carbonyl (C=O) groups is 1. The molecule has 1 amide bonds. The zero-order valence-corrected chi connectivity index (χ0v) is 19.8. The number of hydrogen-bond acceptors (Lipinski definition) is 4. The first-order valence-corrected chi connectivity index (χ1v) is 12.1. The molecule has 0 spiro atoms. The van der Waals surface area contributed by atoms with Crippen LogP contribution in [0.4, 0.5) is 18.0 Å². The first-order chi connectivity index (χ1) is 16.4. The van der Waals surface area contributed by atoms with Gasteiger partial charge >= 0.3 is 12.3 Å². The quantitative estimate of drug-likeness (QED) is 0.408. The van der Waals surface area contributed by atoms with Crippen molar-refractivity contribution in [2.45, 2.75) is 41.5 Å². The van der Waals surface area contributed by atoms with Crippen molar-refractivity contribution in [1.29, 1.82) is 0 Å². The van der Waals surface area contributed by atoms with Crippen molar-refractivity contribution < 1.29 is 31.1 Å². The van der Waals surface area contributed by atoms with Gasteiger partial charge in [-0.2, -0.15) is 13.2 Å². The van der Waals surface area contributed by atoms with E-state index >= 15 is 0 Å². The monoisotopic (exact) mass is 503 g/mol. The summed E-state index contributed by atoms with van der Waals surface area (Å²) in [6.07, 6.45) is -4.27. The average Bonchev–Trinajstić information content (AvgIpc) is 2.83. The van der Waals surface area contributed by atoms with Crippen molar-refractivity contribution in [3.63, 3.8) is 0 Å². The molecule has 0 aliphatic rings. The van der Waals surface area contributed by atoms with Gasteiger partial charge in [0.15, 0.2) is 0 Å². The summed E-state index contributed by atoms with van der Waals surface area (Å²) in [5.41, 5.74) is -1.91. The van der Waals surface area contributed by atoms with Crippen LogP contribution < -0.4 is 5.32 Å². The first-order valence-electron chi connectivity index (χ1n) is 10.6. The second-order valence-corrected chi connectivity index (χ2v) is 9.94. The Balaban J connectivity index is 1.76. The third-order valence-electron chi connectivity index (χ3n) is 5.34. The fourth-order valence-electron chi connectivity index (χ4n) is 3.16. The van der Waals surface area contributed by atoms with E-state index in [2.05, 4.69) is 5.32 Å². The molecule has 0 bridgehead atoms. The Morgan fingerprint density at radius 2 is 1.40 bits per heavy atom. The van der Waals surface area contributed by atoms with E-state index < -0.39 is 33.7 Å². The van der Waals surface area contributed by atoms with Crippen molar-refractivity contribution in [2.75, 3.05) is 0 Å². The molecule has 0 aromatic heterocycles. The number of alkyl halides is 3. The molecule has 0 saturated carbocycles. The largest absolute Gasteiger partial charge is 0.431 e. The molecule has 0 radical (unpaired) electrons. The number of amides is 1. The molecule has 3 aromatic carbocycles. The van der Waals surface area contributed by atoms with Gasteiger partial charge in [0.2, 0.25) is 15.4 Å². The molecule has 2 atom stereocenters. The zero-order valence-electron chi connectivity index (χ0n) is 19.0. The number of sulfone groups is 1. The number of benzene rings is 3. The molecular formula is C26H24F3NO4S. The van der Waals surface area contributed by atoms with Gasteiger partial charge in [-0.3, -0.25) is 0 Å². The minimum Gasteiger partial charge on any atom is -0.429 e. The maximum Gasteiger partial charge on any atom is 0.431 e. The number of carbonyl (C=O) groups excluding carboxylic acids is 1. The fourth-order valence-corrected chi connectivity index (χ4v) is 4.44. The molecule has 35 heavy (non-hydrogen) atoms. The van der Waals surface area contributed by atoms with Crippen molar-refractivity contribution in [3.05, 3.63) is 102 Å². The highest BCUT2D eigenvalue weighted by Gasteiger charge is 2.53. The molecule has 0 aliphatic heterocycles. The number of halogens is 3. The van der Waals surface area contributed by atoms with Crippen LogP contribution in [0.3, 0.4) is 0 Å². The van der Waals surface area contributed by atoms with Crippen LogP contribution in [0.15, 0.2) is 101 Å². The normalized spacial score (nSPS) is 14.8. The SMILES string of the molecule is CC(NC(=O)O[C@@](C)(C=Cc1ccc(S(=O)(=O)c2ccccc2)cc1)C(F)(F)F)c1ccccc1. The predicted octanol–water partition coefficient (Wildman–Crippen LogP) is 6.34. The zero-order chi connectivity index (χ0) is 25.7. The molecule has 184 valence electrons. The lowest BCUT2D eigenvalue weighted by molar-refractivity contribution is -0.231. The minimum atomic E-state index is -4.90. The highest BCUT2D eigenvalue weighted by molar-refractivity contribution is 7.91. The van der Waals surface area contributed by atoms with Gasteiger partial charge in [-0.15, -0.1) is 0 Å². The number of ether oxygens (including phenoxy) is 1.